The highest BCUT2D eigenvalue weighted by Crippen LogP contribution is 2.32. The predicted octanol–water partition coefficient (Wildman–Crippen LogP) is 1.85. The van der Waals surface area contributed by atoms with Crippen LogP contribution in [0.4, 0.5) is 0 Å². The number of nitrogens with zero attached hydrogens (tertiary/aromatic N) is 1. The van der Waals surface area contributed by atoms with Gasteiger partial charge in [0.1, 0.15) is 0 Å². The third kappa shape index (κ3) is 3.50. The van der Waals surface area contributed by atoms with Crippen LogP contribution in [0.5, 0.6) is 0 Å². The molecule has 1 aromatic heterocycles. The number of nitrogens with one attached hydrogen (secondary N) is 2. The number of aromatic amines is 1. The van der Waals surface area contributed by atoms with Crippen molar-refractivity contribution in [2.24, 2.45) is 0 Å². The topological polar surface area (TPSA) is 65.2 Å². The Morgan fingerprint density at radius 2 is 2.30 bits per heavy atom. The van der Waals surface area contributed by atoms with E-state index < -0.39 is 10.0 Å². The van der Waals surface area contributed by atoms with Gasteiger partial charge in [-0.15, -0.1) is 6.58 Å². The number of hydrogen-bond donors (Lipinski definition) is 2. The summed E-state index contributed by atoms with van der Waals surface area (Å²) in [5, 5.41) is 3.25. The van der Waals surface area contributed by atoms with Crippen molar-refractivity contribution in [1.82, 2.24) is 14.6 Å². The van der Waals surface area contributed by atoms with E-state index in [1.54, 1.807) is 22.6 Å². The lowest BCUT2D eigenvalue weighted by Gasteiger charge is -2.19. The van der Waals surface area contributed by atoms with E-state index >= 15 is 0 Å². The van der Waals surface area contributed by atoms with Gasteiger partial charge in [0.25, 0.3) is 0 Å². The molecule has 0 saturated heterocycles. The lowest BCUT2D eigenvalue weighted by Crippen LogP contribution is -2.33. The van der Waals surface area contributed by atoms with E-state index in [-0.39, 0.29) is 6.04 Å². The summed E-state index contributed by atoms with van der Waals surface area (Å²) >= 11 is 0. The lowest BCUT2D eigenvalue weighted by molar-refractivity contribution is 0.436. The largest absolute Gasteiger partial charge is 0.363 e. The number of rotatable bonds is 9. The first-order chi connectivity index (χ1) is 9.59. The monoisotopic (exact) mass is 297 g/mol. The molecule has 112 valence electrons. The van der Waals surface area contributed by atoms with Crippen molar-refractivity contribution < 1.29 is 8.42 Å². The molecule has 2 rings (SSSR count). The predicted molar refractivity (Wildman–Crippen MR) is 79.9 cm³/mol. The van der Waals surface area contributed by atoms with E-state index in [0.717, 1.165) is 31.5 Å². The summed E-state index contributed by atoms with van der Waals surface area (Å²) < 4.78 is 26.7. The van der Waals surface area contributed by atoms with E-state index in [9.17, 15) is 8.42 Å². The van der Waals surface area contributed by atoms with Crippen LogP contribution < -0.4 is 5.32 Å². The van der Waals surface area contributed by atoms with Gasteiger partial charge in [-0.2, -0.15) is 4.31 Å². The molecule has 1 aromatic rings. The van der Waals surface area contributed by atoms with Crippen LogP contribution in [0.3, 0.4) is 0 Å². The van der Waals surface area contributed by atoms with E-state index in [2.05, 4.69) is 23.8 Å². The molecule has 1 aliphatic rings. The van der Waals surface area contributed by atoms with Gasteiger partial charge in [0.05, 0.1) is 4.90 Å². The Morgan fingerprint density at radius 3 is 2.90 bits per heavy atom. The maximum atomic E-state index is 12.6. The van der Waals surface area contributed by atoms with Gasteiger partial charge in [0.15, 0.2) is 0 Å². The number of H-pyrrole nitrogens is 1. The Balaban J connectivity index is 2.10. The van der Waals surface area contributed by atoms with E-state index in [1.807, 2.05) is 0 Å². The highest BCUT2D eigenvalue weighted by atomic mass is 32.2. The molecule has 0 spiro atoms. The Labute approximate surface area is 121 Å². The zero-order chi connectivity index (χ0) is 14.6. The maximum absolute atomic E-state index is 12.6. The van der Waals surface area contributed by atoms with Crippen molar-refractivity contribution in [3.8, 4) is 0 Å². The van der Waals surface area contributed by atoms with Gasteiger partial charge in [0, 0.05) is 31.0 Å². The second-order valence-electron chi connectivity index (χ2n) is 5.13. The SMILES string of the molecule is C=CCN(C1CC1)S(=O)(=O)c1c[nH]c(CNCCC)c1. The molecule has 0 radical (unpaired) electrons. The normalized spacial score (nSPS) is 15.7. The summed E-state index contributed by atoms with van der Waals surface area (Å²) in [6, 6.07) is 1.87. The van der Waals surface area contributed by atoms with Gasteiger partial charge < -0.3 is 10.3 Å². The van der Waals surface area contributed by atoms with E-state index in [4.69, 9.17) is 0 Å². The summed E-state index contributed by atoms with van der Waals surface area (Å²) in [4.78, 5) is 3.38. The third-order valence-electron chi connectivity index (χ3n) is 3.33. The van der Waals surface area contributed by atoms with Gasteiger partial charge >= 0.3 is 0 Å². The van der Waals surface area contributed by atoms with Crippen LogP contribution in [-0.4, -0.2) is 36.8 Å². The standard InChI is InChI=1S/C14H23N3O2S/c1-3-7-15-10-12-9-14(11-16-12)20(18,19)17(8-4-2)13-5-6-13/h4,9,11,13,15-16H,2-3,5-8,10H2,1H3. The molecule has 0 amide bonds. The Bertz CT molecular complexity index is 547. The molecule has 1 fully saturated rings. The third-order valence-corrected chi connectivity index (χ3v) is 5.22. The Hall–Kier alpha value is -1.11. The number of aromatic nitrogens is 1. The molecule has 1 aliphatic carbocycles. The summed E-state index contributed by atoms with van der Waals surface area (Å²) in [5.74, 6) is 0. The smallest absolute Gasteiger partial charge is 0.245 e. The fourth-order valence-electron chi connectivity index (χ4n) is 2.14. The average Bonchev–Trinajstić information content (AvgIpc) is 3.13. The second kappa shape index (κ2) is 6.56. The first-order valence-corrected chi connectivity index (χ1v) is 8.54. The second-order valence-corrected chi connectivity index (χ2v) is 7.02. The Kier molecular flexibility index (Phi) is 5.01. The quantitative estimate of drug-likeness (QED) is 0.540. The number of hydrogen-bond acceptors (Lipinski definition) is 3. The van der Waals surface area contributed by atoms with Crippen LogP contribution in [0.2, 0.25) is 0 Å². The fraction of sp³-hybridized carbons (Fsp3) is 0.571. The molecule has 0 aromatic carbocycles. The van der Waals surface area contributed by atoms with Crippen molar-refractivity contribution in [2.75, 3.05) is 13.1 Å². The maximum Gasteiger partial charge on any atom is 0.245 e. The van der Waals surface area contributed by atoms with Gasteiger partial charge in [-0.05, 0) is 31.9 Å². The van der Waals surface area contributed by atoms with Crippen molar-refractivity contribution in [3.63, 3.8) is 0 Å². The molecule has 6 heteroatoms. The summed E-state index contributed by atoms with van der Waals surface area (Å²) in [6.07, 6.45) is 6.18. The molecule has 2 N–H and O–H groups in total. The Morgan fingerprint density at radius 1 is 1.55 bits per heavy atom. The zero-order valence-electron chi connectivity index (χ0n) is 11.9. The van der Waals surface area contributed by atoms with Gasteiger partial charge in [0.2, 0.25) is 10.0 Å². The highest BCUT2D eigenvalue weighted by Gasteiger charge is 2.37. The highest BCUT2D eigenvalue weighted by molar-refractivity contribution is 7.89. The minimum Gasteiger partial charge on any atom is -0.363 e. The minimum absolute atomic E-state index is 0.148. The molecule has 20 heavy (non-hydrogen) atoms. The number of sulfonamides is 1. The fourth-order valence-corrected chi connectivity index (χ4v) is 3.81. The molecule has 1 saturated carbocycles. The molecule has 1 heterocycles. The van der Waals surface area contributed by atoms with Crippen molar-refractivity contribution in [1.29, 1.82) is 0 Å². The lowest BCUT2D eigenvalue weighted by atomic mass is 10.4. The van der Waals surface area contributed by atoms with Gasteiger partial charge in [-0.25, -0.2) is 8.42 Å². The molecule has 0 aliphatic heterocycles. The van der Waals surface area contributed by atoms with Crippen LogP contribution in [0, 0.1) is 0 Å². The van der Waals surface area contributed by atoms with Crippen molar-refractivity contribution in [2.45, 2.75) is 43.7 Å². The molecule has 5 nitrogen and oxygen atoms in total. The summed E-state index contributed by atoms with van der Waals surface area (Å²) in [7, 11) is -3.41. The average molecular weight is 297 g/mol. The first-order valence-electron chi connectivity index (χ1n) is 7.10. The molecule has 0 atom stereocenters. The molecule has 0 bridgehead atoms. The summed E-state index contributed by atoms with van der Waals surface area (Å²) in [5.41, 5.74) is 0.895. The van der Waals surface area contributed by atoms with E-state index in [0.29, 0.717) is 18.0 Å². The van der Waals surface area contributed by atoms with Gasteiger partial charge in [-0.1, -0.05) is 13.0 Å². The van der Waals surface area contributed by atoms with Crippen LogP contribution in [0.25, 0.3) is 0 Å². The van der Waals surface area contributed by atoms with Crippen LogP contribution in [-0.2, 0) is 16.6 Å². The van der Waals surface area contributed by atoms with Crippen molar-refractivity contribution >= 4 is 10.0 Å². The zero-order valence-corrected chi connectivity index (χ0v) is 12.7. The summed E-state index contributed by atoms with van der Waals surface area (Å²) in [6.45, 7) is 7.71. The molecule has 0 unspecified atom stereocenters. The van der Waals surface area contributed by atoms with Crippen LogP contribution in [0.15, 0.2) is 29.8 Å². The van der Waals surface area contributed by atoms with Crippen molar-refractivity contribution in [3.05, 3.63) is 30.6 Å². The molecular formula is C14H23N3O2S. The first kappa shape index (κ1) is 15.3. The van der Waals surface area contributed by atoms with Crippen LogP contribution in [0.1, 0.15) is 31.9 Å². The van der Waals surface area contributed by atoms with E-state index in [1.165, 1.54) is 0 Å². The minimum atomic E-state index is -3.41. The van der Waals surface area contributed by atoms with Crippen LogP contribution >= 0.6 is 0 Å². The van der Waals surface area contributed by atoms with Gasteiger partial charge in [-0.3, -0.25) is 0 Å². The molecular weight excluding hydrogens is 274 g/mol.